The van der Waals surface area contributed by atoms with Crippen molar-refractivity contribution in [3.63, 3.8) is 0 Å². The molecule has 0 spiro atoms. The van der Waals surface area contributed by atoms with Crippen molar-refractivity contribution in [3.8, 4) is 17.2 Å². The van der Waals surface area contributed by atoms with Gasteiger partial charge in [0.15, 0.2) is 0 Å². The predicted octanol–water partition coefficient (Wildman–Crippen LogP) is 4.47. The fraction of sp³-hybridized carbons (Fsp3) is 0.407. The molecule has 2 heterocycles. The zero-order chi connectivity index (χ0) is 24.5. The maximum absolute atomic E-state index is 12.9. The molecule has 0 radical (unpaired) electrons. The van der Waals surface area contributed by atoms with Crippen molar-refractivity contribution < 1.29 is 23.4 Å². The van der Waals surface area contributed by atoms with E-state index in [1.807, 2.05) is 51.1 Å². The van der Waals surface area contributed by atoms with Crippen LogP contribution >= 0.6 is 0 Å². The predicted molar refractivity (Wildman–Crippen MR) is 130 cm³/mol. The highest BCUT2D eigenvalue weighted by Crippen LogP contribution is 2.43. The van der Waals surface area contributed by atoms with Gasteiger partial charge in [0.05, 0.1) is 19.6 Å². The van der Waals surface area contributed by atoms with Gasteiger partial charge in [0, 0.05) is 35.7 Å². The molecule has 0 atom stereocenters. The van der Waals surface area contributed by atoms with E-state index in [-0.39, 0.29) is 24.3 Å². The number of aryl methyl sites for hydroxylation is 2. The van der Waals surface area contributed by atoms with E-state index in [1.54, 1.807) is 14.2 Å². The van der Waals surface area contributed by atoms with Gasteiger partial charge >= 0.3 is 5.63 Å². The van der Waals surface area contributed by atoms with Crippen molar-refractivity contribution in [1.29, 1.82) is 0 Å². The van der Waals surface area contributed by atoms with Crippen LogP contribution in [-0.4, -0.2) is 25.7 Å². The standard InChI is InChI=1S/C27H31NO6/c1-16-18(10-11-23(29)28-15-17-8-6-7-9-20(17)31-4)26(30)33-25-19-12-13-27(2,3)34-21(19)14-22(32-5)24(16)25/h6-9,14H,10-13,15H2,1-5H3,(H,28,29). The van der Waals surface area contributed by atoms with Crippen molar-refractivity contribution in [2.45, 2.75) is 58.6 Å². The van der Waals surface area contributed by atoms with Crippen LogP contribution in [0.3, 0.4) is 0 Å². The Balaban J connectivity index is 1.58. The van der Waals surface area contributed by atoms with Crippen LogP contribution in [-0.2, 0) is 24.2 Å². The molecule has 34 heavy (non-hydrogen) atoms. The first kappa shape index (κ1) is 23.7. The molecule has 0 fully saturated rings. The van der Waals surface area contributed by atoms with Gasteiger partial charge in [-0.15, -0.1) is 0 Å². The fourth-order valence-electron chi connectivity index (χ4n) is 4.50. The highest BCUT2D eigenvalue weighted by molar-refractivity contribution is 5.92. The topological polar surface area (TPSA) is 87.0 Å². The molecule has 1 aromatic heterocycles. The minimum atomic E-state index is -0.428. The molecule has 1 aliphatic heterocycles. The second-order valence-corrected chi connectivity index (χ2v) is 9.20. The number of para-hydroxylation sites is 1. The first-order valence-corrected chi connectivity index (χ1v) is 11.5. The molecular formula is C27H31NO6. The molecule has 2 aromatic carbocycles. The van der Waals surface area contributed by atoms with Gasteiger partial charge in [0.2, 0.25) is 5.91 Å². The van der Waals surface area contributed by atoms with E-state index in [0.717, 1.165) is 40.7 Å². The summed E-state index contributed by atoms with van der Waals surface area (Å²) >= 11 is 0. The third kappa shape index (κ3) is 4.60. The Morgan fingerprint density at radius 1 is 1.15 bits per heavy atom. The number of hydrogen-bond acceptors (Lipinski definition) is 6. The minimum Gasteiger partial charge on any atom is -0.496 e. The molecule has 180 valence electrons. The maximum Gasteiger partial charge on any atom is 0.339 e. The van der Waals surface area contributed by atoms with Crippen molar-refractivity contribution in [2.24, 2.45) is 0 Å². The Bertz CT molecular complexity index is 1290. The van der Waals surface area contributed by atoms with Gasteiger partial charge in [0.1, 0.15) is 28.4 Å². The van der Waals surface area contributed by atoms with Crippen LogP contribution in [0.4, 0.5) is 0 Å². The average Bonchev–Trinajstić information content (AvgIpc) is 2.81. The quantitative estimate of drug-likeness (QED) is 0.518. The molecule has 0 bridgehead atoms. The average molecular weight is 466 g/mol. The largest absolute Gasteiger partial charge is 0.496 e. The summed E-state index contributed by atoms with van der Waals surface area (Å²) in [4.78, 5) is 25.5. The number of ether oxygens (including phenoxy) is 3. The summed E-state index contributed by atoms with van der Waals surface area (Å²) in [5.74, 6) is 1.84. The summed E-state index contributed by atoms with van der Waals surface area (Å²) in [6, 6.07) is 9.40. The van der Waals surface area contributed by atoms with E-state index >= 15 is 0 Å². The van der Waals surface area contributed by atoms with Gasteiger partial charge in [-0.3, -0.25) is 4.79 Å². The van der Waals surface area contributed by atoms with E-state index in [4.69, 9.17) is 18.6 Å². The first-order valence-electron chi connectivity index (χ1n) is 11.5. The number of carbonyl (C=O) groups excluding carboxylic acids is 1. The monoisotopic (exact) mass is 465 g/mol. The Kier molecular flexibility index (Phi) is 6.55. The lowest BCUT2D eigenvalue weighted by atomic mass is 9.91. The van der Waals surface area contributed by atoms with Gasteiger partial charge in [-0.2, -0.15) is 0 Å². The van der Waals surface area contributed by atoms with Crippen LogP contribution in [0.2, 0.25) is 0 Å². The van der Waals surface area contributed by atoms with Crippen LogP contribution in [0.15, 0.2) is 39.5 Å². The number of benzene rings is 2. The Hall–Kier alpha value is -3.48. The molecule has 0 saturated heterocycles. The minimum absolute atomic E-state index is 0.155. The highest BCUT2D eigenvalue weighted by Gasteiger charge is 2.31. The number of hydrogen-bond donors (Lipinski definition) is 1. The summed E-state index contributed by atoms with van der Waals surface area (Å²) in [7, 11) is 3.19. The van der Waals surface area contributed by atoms with Crippen LogP contribution in [0.5, 0.6) is 17.2 Å². The van der Waals surface area contributed by atoms with Gasteiger partial charge in [-0.05, 0) is 51.7 Å². The molecule has 7 heteroatoms. The Morgan fingerprint density at radius 3 is 2.62 bits per heavy atom. The lowest BCUT2D eigenvalue weighted by Crippen LogP contribution is -2.32. The summed E-state index contributed by atoms with van der Waals surface area (Å²) in [5.41, 5.74) is 2.82. The number of carbonyl (C=O) groups is 1. The zero-order valence-electron chi connectivity index (χ0n) is 20.4. The lowest BCUT2D eigenvalue weighted by Gasteiger charge is -2.33. The molecule has 3 aromatic rings. The summed E-state index contributed by atoms with van der Waals surface area (Å²) in [5, 5.41) is 3.66. The number of fused-ring (bicyclic) bond motifs is 3. The van der Waals surface area contributed by atoms with Crippen LogP contribution < -0.4 is 25.2 Å². The summed E-state index contributed by atoms with van der Waals surface area (Å²) in [6.45, 7) is 6.31. The van der Waals surface area contributed by atoms with Gasteiger partial charge < -0.3 is 23.9 Å². The fourth-order valence-corrected chi connectivity index (χ4v) is 4.50. The SMILES string of the molecule is COc1ccccc1CNC(=O)CCc1c(C)c2c(OC)cc3c(c2oc1=O)CCC(C)(C)O3. The molecule has 1 N–H and O–H groups in total. The van der Waals surface area contributed by atoms with Crippen LogP contribution in [0.1, 0.15) is 48.9 Å². The number of nitrogens with one attached hydrogen (secondary N) is 1. The van der Waals surface area contributed by atoms with Crippen molar-refractivity contribution >= 4 is 16.9 Å². The third-order valence-corrected chi connectivity index (χ3v) is 6.43. The second kappa shape index (κ2) is 9.41. The van der Waals surface area contributed by atoms with Crippen LogP contribution in [0, 0.1) is 6.92 Å². The van der Waals surface area contributed by atoms with Crippen molar-refractivity contribution in [2.75, 3.05) is 14.2 Å². The maximum atomic E-state index is 12.9. The van der Waals surface area contributed by atoms with Gasteiger partial charge in [-0.25, -0.2) is 4.79 Å². The van der Waals surface area contributed by atoms with E-state index in [0.29, 0.717) is 29.2 Å². The lowest BCUT2D eigenvalue weighted by molar-refractivity contribution is -0.121. The molecule has 1 amide bonds. The third-order valence-electron chi connectivity index (χ3n) is 6.43. The number of rotatable bonds is 7. The normalized spacial score (nSPS) is 14.3. The molecule has 7 nitrogen and oxygen atoms in total. The Labute approximate surface area is 199 Å². The zero-order valence-corrected chi connectivity index (χ0v) is 20.4. The van der Waals surface area contributed by atoms with Crippen LogP contribution in [0.25, 0.3) is 11.0 Å². The second-order valence-electron chi connectivity index (χ2n) is 9.20. The Morgan fingerprint density at radius 2 is 1.88 bits per heavy atom. The van der Waals surface area contributed by atoms with E-state index < -0.39 is 5.63 Å². The van der Waals surface area contributed by atoms with E-state index in [1.165, 1.54) is 0 Å². The molecule has 0 saturated carbocycles. The molecule has 4 rings (SSSR count). The molecule has 1 aliphatic rings. The smallest absolute Gasteiger partial charge is 0.339 e. The van der Waals surface area contributed by atoms with E-state index in [2.05, 4.69) is 5.32 Å². The molecular weight excluding hydrogens is 434 g/mol. The highest BCUT2D eigenvalue weighted by atomic mass is 16.5. The van der Waals surface area contributed by atoms with Crippen molar-refractivity contribution in [3.05, 3.63) is 63.0 Å². The van der Waals surface area contributed by atoms with Gasteiger partial charge in [0.25, 0.3) is 0 Å². The van der Waals surface area contributed by atoms with Crippen molar-refractivity contribution in [1.82, 2.24) is 5.32 Å². The first-order chi connectivity index (χ1) is 16.2. The van der Waals surface area contributed by atoms with Gasteiger partial charge in [-0.1, -0.05) is 18.2 Å². The summed E-state index contributed by atoms with van der Waals surface area (Å²) in [6.07, 6.45) is 2.00. The van der Waals surface area contributed by atoms with E-state index in [9.17, 15) is 9.59 Å². The summed E-state index contributed by atoms with van der Waals surface area (Å²) < 4.78 is 22.9. The molecule has 0 aliphatic carbocycles. The molecule has 0 unspecified atom stereocenters. The number of methoxy groups -OCH3 is 2. The number of amides is 1.